The van der Waals surface area contributed by atoms with Gasteiger partial charge in [0.05, 0.1) is 12.2 Å². The van der Waals surface area contributed by atoms with Crippen molar-refractivity contribution in [3.05, 3.63) is 17.0 Å². The van der Waals surface area contributed by atoms with Crippen LogP contribution in [-0.4, -0.2) is 23.6 Å². The van der Waals surface area contributed by atoms with E-state index < -0.39 is 0 Å². The molecule has 2 rings (SSSR count). The minimum absolute atomic E-state index is 0.919. The third-order valence-electron chi connectivity index (χ3n) is 2.44. The normalized spacial score (nSPS) is 17.8. The zero-order valence-corrected chi connectivity index (χ0v) is 7.63. The van der Waals surface area contributed by atoms with Crippen molar-refractivity contribution < 1.29 is 4.52 Å². The topological polar surface area (TPSA) is 29.3 Å². The maximum Gasteiger partial charge on any atom is 0.154 e. The van der Waals surface area contributed by atoms with Crippen LogP contribution in [0.1, 0.15) is 23.9 Å². The van der Waals surface area contributed by atoms with Crippen LogP contribution in [-0.2, 0) is 19.4 Å². The van der Waals surface area contributed by atoms with E-state index >= 15 is 0 Å². The molecule has 66 valence electrons. The average molecular weight is 166 g/mol. The van der Waals surface area contributed by atoms with Crippen molar-refractivity contribution in [1.82, 2.24) is 10.1 Å². The third kappa shape index (κ3) is 1.14. The van der Waals surface area contributed by atoms with Gasteiger partial charge in [-0.25, -0.2) is 0 Å². The van der Waals surface area contributed by atoms with Crippen molar-refractivity contribution in [2.75, 3.05) is 13.6 Å². The standard InChI is InChI=1S/C9H14N2O/c1-3-8-7-4-5-11(2)6-9(7)12-10-8/h3-6H2,1-2H3. The fourth-order valence-electron chi connectivity index (χ4n) is 1.69. The molecule has 0 spiro atoms. The zero-order valence-electron chi connectivity index (χ0n) is 7.63. The van der Waals surface area contributed by atoms with Crippen LogP contribution in [0.15, 0.2) is 4.52 Å². The lowest BCUT2D eigenvalue weighted by atomic mass is 10.0. The third-order valence-corrected chi connectivity index (χ3v) is 2.44. The molecule has 0 fully saturated rings. The second kappa shape index (κ2) is 2.90. The van der Waals surface area contributed by atoms with E-state index in [9.17, 15) is 0 Å². The Morgan fingerprint density at radius 2 is 2.42 bits per heavy atom. The molecule has 0 aromatic carbocycles. The van der Waals surface area contributed by atoms with Crippen LogP contribution in [0.4, 0.5) is 0 Å². The summed E-state index contributed by atoms with van der Waals surface area (Å²) in [5.74, 6) is 1.07. The molecule has 1 aromatic rings. The molecule has 3 heteroatoms. The number of hydrogen-bond donors (Lipinski definition) is 0. The Balaban J connectivity index is 2.32. The van der Waals surface area contributed by atoms with Gasteiger partial charge in [0, 0.05) is 12.1 Å². The summed E-state index contributed by atoms with van der Waals surface area (Å²) in [6.07, 6.45) is 2.08. The summed E-state index contributed by atoms with van der Waals surface area (Å²) in [5, 5.41) is 4.05. The number of aromatic nitrogens is 1. The van der Waals surface area contributed by atoms with Crippen LogP contribution in [0.3, 0.4) is 0 Å². The van der Waals surface area contributed by atoms with Gasteiger partial charge in [-0.05, 0) is 19.9 Å². The van der Waals surface area contributed by atoms with E-state index in [-0.39, 0.29) is 0 Å². The van der Waals surface area contributed by atoms with Gasteiger partial charge in [-0.15, -0.1) is 0 Å². The summed E-state index contributed by atoms with van der Waals surface area (Å²) in [4.78, 5) is 2.26. The first kappa shape index (κ1) is 7.80. The molecule has 0 bridgehead atoms. The Morgan fingerprint density at radius 1 is 1.58 bits per heavy atom. The highest BCUT2D eigenvalue weighted by Crippen LogP contribution is 2.21. The van der Waals surface area contributed by atoms with E-state index in [0.29, 0.717) is 0 Å². The summed E-state index contributed by atoms with van der Waals surface area (Å²) >= 11 is 0. The predicted octanol–water partition coefficient (Wildman–Crippen LogP) is 1.22. The molecule has 1 aliphatic rings. The number of nitrogens with zero attached hydrogens (tertiary/aromatic N) is 2. The lowest BCUT2D eigenvalue weighted by molar-refractivity contribution is 0.257. The minimum atomic E-state index is 0.919. The molecule has 12 heavy (non-hydrogen) atoms. The van der Waals surface area contributed by atoms with E-state index in [4.69, 9.17) is 4.52 Å². The number of rotatable bonds is 1. The van der Waals surface area contributed by atoms with Crippen LogP contribution in [0.5, 0.6) is 0 Å². The summed E-state index contributed by atoms with van der Waals surface area (Å²) in [6, 6.07) is 0. The van der Waals surface area contributed by atoms with Gasteiger partial charge in [-0.2, -0.15) is 0 Å². The number of fused-ring (bicyclic) bond motifs is 1. The number of hydrogen-bond acceptors (Lipinski definition) is 3. The molecule has 0 amide bonds. The number of likely N-dealkylation sites (N-methyl/N-ethyl adjacent to an activating group) is 1. The Morgan fingerprint density at radius 3 is 3.17 bits per heavy atom. The van der Waals surface area contributed by atoms with Gasteiger partial charge in [-0.1, -0.05) is 12.1 Å². The van der Waals surface area contributed by atoms with Gasteiger partial charge in [0.1, 0.15) is 0 Å². The van der Waals surface area contributed by atoms with Gasteiger partial charge < -0.3 is 4.52 Å². The van der Waals surface area contributed by atoms with Crippen LogP contribution in [0, 0.1) is 0 Å². The van der Waals surface area contributed by atoms with Gasteiger partial charge in [-0.3, -0.25) is 4.90 Å². The Kier molecular flexibility index (Phi) is 1.89. The smallest absolute Gasteiger partial charge is 0.154 e. The summed E-state index contributed by atoms with van der Waals surface area (Å²) < 4.78 is 5.26. The fourth-order valence-corrected chi connectivity index (χ4v) is 1.69. The Hall–Kier alpha value is -0.830. The Bertz CT molecular complexity index is 280. The van der Waals surface area contributed by atoms with Crippen molar-refractivity contribution >= 4 is 0 Å². The average Bonchev–Trinajstić information content (AvgIpc) is 2.46. The van der Waals surface area contributed by atoms with E-state index in [2.05, 4.69) is 24.0 Å². The molecule has 0 radical (unpaired) electrons. The Labute approximate surface area is 72.3 Å². The van der Waals surface area contributed by atoms with Gasteiger partial charge in [0.15, 0.2) is 5.76 Å². The lowest BCUT2D eigenvalue weighted by Crippen LogP contribution is -2.25. The van der Waals surface area contributed by atoms with E-state index in [1.807, 2.05) is 0 Å². The molecule has 0 atom stereocenters. The highest BCUT2D eigenvalue weighted by molar-refractivity contribution is 5.25. The molecule has 1 aromatic heterocycles. The first-order valence-corrected chi connectivity index (χ1v) is 4.46. The highest BCUT2D eigenvalue weighted by atomic mass is 16.5. The van der Waals surface area contributed by atoms with Crippen LogP contribution in [0.25, 0.3) is 0 Å². The van der Waals surface area contributed by atoms with Gasteiger partial charge in [0.2, 0.25) is 0 Å². The monoisotopic (exact) mass is 166 g/mol. The molecular weight excluding hydrogens is 152 g/mol. The largest absolute Gasteiger partial charge is 0.359 e. The number of aryl methyl sites for hydroxylation is 1. The van der Waals surface area contributed by atoms with Crippen molar-refractivity contribution in [3.8, 4) is 0 Å². The van der Waals surface area contributed by atoms with Gasteiger partial charge >= 0.3 is 0 Å². The SMILES string of the molecule is CCc1noc2c1CCN(C)C2. The summed E-state index contributed by atoms with van der Waals surface area (Å²) in [6.45, 7) is 4.17. The molecule has 0 aliphatic carbocycles. The van der Waals surface area contributed by atoms with Crippen molar-refractivity contribution in [2.24, 2.45) is 0 Å². The van der Waals surface area contributed by atoms with E-state index in [1.54, 1.807) is 0 Å². The molecule has 0 unspecified atom stereocenters. The van der Waals surface area contributed by atoms with Crippen molar-refractivity contribution in [2.45, 2.75) is 26.3 Å². The van der Waals surface area contributed by atoms with E-state index in [1.165, 1.54) is 5.56 Å². The maximum atomic E-state index is 5.26. The summed E-state index contributed by atoms with van der Waals surface area (Å²) in [7, 11) is 2.11. The van der Waals surface area contributed by atoms with Crippen LogP contribution < -0.4 is 0 Å². The van der Waals surface area contributed by atoms with Gasteiger partial charge in [0.25, 0.3) is 0 Å². The quantitative estimate of drug-likeness (QED) is 0.628. The van der Waals surface area contributed by atoms with Crippen LogP contribution in [0.2, 0.25) is 0 Å². The lowest BCUT2D eigenvalue weighted by Gasteiger charge is -2.20. The second-order valence-electron chi connectivity index (χ2n) is 3.37. The minimum Gasteiger partial charge on any atom is -0.359 e. The molecular formula is C9H14N2O. The first-order valence-electron chi connectivity index (χ1n) is 4.46. The fraction of sp³-hybridized carbons (Fsp3) is 0.667. The zero-order chi connectivity index (χ0) is 8.55. The van der Waals surface area contributed by atoms with Crippen molar-refractivity contribution in [1.29, 1.82) is 0 Å². The molecule has 0 N–H and O–H groups in total. The molecule has 0 saturated heterocycles. The van der Waals surface area contributed by atoms with E-state index in [0.717, 1.165) is 37.4 Å². The summed E-state index contributed by atoms with van der Waals surface area (Å²) in [5.41, 5.74) is 2.51. The molecule has 0 saturated carbocycles. The second-order valence-corrected chi connectivity index (χ2v) is 3.37. The molecule has 1 aliphatic heterocycles. The van der Waals surface area contributed by atoms with Crippen molar-refractivity contribution in [3.63, 3.8) is 0 Å². The highest BCUT2D eigenvalue weighted by Gasteiger charge is 2.20. The molecule has 2 heterocycles. The molecule has 3 nitrogen and oxygen atoms in total. The predicted molar refractivity (Wildman–Crippen MR) is 45.9 cm³/mol. The first-order chi connectivity index (χ1) is 5.81. The maximum absolute atomic E-state index is 5.26. The van der Waals surface area contributed by atoms with Crippen LogP contribution >= 0.6 is 0 Å².